The molecule has 1 rings (SSSR count). The Bertz CT molecular complexity index is 396. The van der Waals surface area contributed by atoms with Gasteiger partial charge in [-0.25, -0.2) is 4.39 Å². The van der Waals surface area contributed by atoms with E-state index >= 15 is 0 Å². The molecule has 0 bridgehead atoms. The minimum absolute atomic E-state index is 0.171. The van der Waals surface area contributed by atoms with Crippen molar-refractivity contribution in [2.75, 3.05) is 11.9 Å². The molecule has 0 heterocycles. The molecule has 1 amide bonds. The molecule has 0 spiro atoms. The van der Waals surface area contributed by atoms with Crippen LogP contribution in [0.15, 0.2) is 18.2 Å². The third-order valence-corrected chi connectivity index (χ3v) is 2.50. The fraction of sp³-hybridized carbons (Fsp3) is 0.417. The molecule has 17 heavy (non-hydrogen) atoms. The number of phenols is 1. The smallest absolute Gasteiger partial charge is 0.227 e. The summed E-state index contributed by atoms with van der Waals surface area (Å²) in [7, 11) is 0. The van der Waals surface area contributed by atoms with E-state index in [1.807, 2.05) is 0 Å². The van der Waals surface area contributed by atoms with Crippen LogP contribution in [-0.2, 0) is 4.79 Å². The first-order chi connectivity index (χ1) is 8.04. The quantitative estimate of drug-likeness (QED) is 0.687. The summed E-state index contributed by atoms with van der Waals surface area (Å²) in [6.07, 6.45) is 1.47. The van der Waals surface area contributed by atoms with Crippen LogP contribution in [0.1, 0.15) is 19.8 Å². The average molecular weight is 240 g/mol. The van der Waals surface area contributed by atoms with Gasteiger partial charge in [0.05, 0.1) is 0 Å². The van der Waals surface area contributed by atoms with Crippen molar-refractivity contribution < 1.29 is 14.3 Å². The topological polar surface area (TPSA) is 75.4 Å². The maximum absolute atomic E-state index is 13.0. The Balaban J connectivity index is 2.58. The van der Waals surface area contributed by atoms with E-state index in [1.165, 1.54) is 12.1 Å². The lowest BCUT2D eigenvalue weighted by molar-refractivity contribution is -0.119. The summed E-state index contributed by atoms with van der Waals surface area (Å²) >= 11 is 0. The summed E-state index contributed by atoms with van der Waals surface area (Å²) in [6.45, 7) is 2.34. The number of rotatable bonds is 5. The van der Waals surface area contributed by atoms with Crippen LogP contribution in [0, 0.1) is 11.7 Å². The monoisotopic (exact) mass is 240 g/mol. The summed E-state index contributed by atoms with van der Waals surface area (Å²) < 4.78 is 13.0. The van der Waals surface area contributed by atoms with Gasteiger partial charge in [-0.1, -0.05) is 6.92 Å². The van der Waals surface area contributed by atoms with E-state index in [0.717, 1.165) is 12.5 Å². The standard InChI is InChI=1S/C12H17FN2O2/c1-8(3-2-6-14)12(17)15-9-4-5-11(16)10(13)7-9/h4-5,7-8,16H,2-3,6,14H2,1H3,(H,15,17). The number of halogens is 1. The van der Waals surface area contributed by atoms with E-state index < -0.39 is 11.6 Å². The van der Waals surface area contributed by atoms with Crippen LogP contribution >= 0.6 is 0 Å². The van der Waals surface area contributed by atoms with Crippen molar-refractivity contribution in [2.24, 2.45) is 11.7 Å². The lowest BCUT2D eigenvalue weighted by Gasteiger charge is -2.11. The van der Waals surface area contributed by atoms with Crippen molar-refractivity contribution in [1.29, 1.82) is 0 Å². The lowest BCUT2D eigenvalue weighted by atomic mass is 10.0. The summed E-state index contributed by atoms with van der Waals surface area (Å²) in [6, 6.07) is 3.74. The van der Waals surface area contributed by atoms with Crippen molar-refractivity contribution in [1.82, 2.24) is 0 Å². The molecule has 5 heteroatoms. The van der Waals surface area contributed by atoms with Gasteiger partial charge in [-0.05, 0) is 31.5 Å². The zero-order valence-electron chi connectivity index (χ0n) is 9.74. The molecule has 1 aromatic rings. The summed E-state index contributed by atoms with van der Waals surface area (Å²) in [5.74, 6) is -1.53. The second kappa shape index (κ2) is 6.20. The SMILES string of the molecule is CC(CCCN)C(=O)Nc1ccc(O)c(F)c1. The molecule has 4 nitrogen and oxygen atoms in total. The van der Waals surface area contributed by atoms with Crippen LogP contribution in [-0.4, -0.2) is 17.6 Å². The number of nitrogens with two attached hydrogens (primary N) is 1. The third-order valence-electron chi connectivity index (χ3n) is 2.50. The van der Waals surface area contributed by atoms with Crippen LogP contribution < -0.4 is 11.1 Å². The minimum Gasteiger partial charge on any atom is -0.505 e. The highest BCUT2D eigenvalue weighted by Gasteiger charge is 2.13. The highest BCUT2D eigenvalue weighted by molar-refractivity contribution is 5.92. The van der Waals surface area contributed by atoms with Crippen LogP contribution in [0.5, 0.6) is 5.75 Å². The molecular formula is C12H17FN2O2. The fourth-order valence-electron chi connectivity index (χ4n) is 1.41. The van der Waals surface area contributed by atoms with E-state index in [1.54, 1.807) is 6.92 Å². The van der Waals surface area contributed by atoms with Gasteiger partial charge in [0.1, 0.15) is 0 Å². The molecule has 0 saturated carbocycles. The number of carbonyl (C=O) groups is 1. The first-order valence-corrected chi connectivity index (χ1v) is 5.54. The summed E-state index contributed by atoms with van der Waals surface area (Å²) in [5.41, 5.74) is 5.69. The van der Waals surface area contributed by atoms with Crippen LogP contribution in [0.3, 0.4) is 0 Å². The molecule has 1 unspecified atom stereocenters. The van der Waals surface area contributed by atoms with Gasteiger partial charge in [-0.2, -0.15) is 0 Å². The van der Waals surface area contributed by atoms with E-state index in [-0.39, 0.29) is 11.8 Å². The Morgan fingerprint density at radius 1 is 1.59 bits per heavy atom. The lowest BCUT2D eigenvalue weighted by Crippen LogP contribution is -2.21. The molecule has 0 aliphatic carbocycles. The molecule has 1 atom stereocenters. The fourth-order valence-corrected chi connectivity index (χ4v) is 1.41. The number of hydrogen-bond donors (Lipinski definition) is 3. The van der Waals surface area contributed by atoms with Gasteiger partial charge in [0.2, 0.25) is 5.91 Å². The Morgan fingerprint density at radius 2 is 2.29 bits per heavy atom. The molecule has 0 aliphatic rings. The van der Waals surface area contributed by atoms with Crippen LogP contribution in [0.2, 0.25) is 0 Å². The van der Waals surface area contributed by atoms with Crippen LogP contribution in [0.25, 0.3) is 0 Å². The van der Waals surface area contributed by atoms with Gasteiger partial charge in [-0.15, -0.1) is 0 Å². The molecule has 4 N–H and O–H groups in total. The highest BCUT2D eigenvalue weighted by Crippen LogP contribution is 2.20. The van der Waals surface area contributed by atoms with Crippen molar-refractivity contribution in [2.45, 2.75) is 19.8 Å². The molecule has 1 aromatic carbocycles. The van der Waals surface area contributed by atoms with Crippen molar-refractivity contribution in [3.63, 3.8) is 0 Å². The highest BCUT2D eigenvalue weighted by atomic mass is 19.1. The normalized spacial score (nSPS) is 12.2. The molecule has 0 saturated heterocycles. The second-order valence-corrected chi connectivity index (χ2v) is 3.99. The molecule has 0 fully saturated rings. The van der Waals surface area contributed by atoms with E-state index in [0.29, 0.717) is 18.7 Å². The number of benzene rings is 1. The minimum atomic E-state index is -0.752. The van der Waals surface area contributed by atoms with Crippen molar-refractivity contribution >= 4 is 11.6 Å². The van der Waals surface area contributed by atoms with Gasteiger partial charge in [0.25, 0.3) is 0 Å². The average Bonchev–Trinajstić information content (AvgIpc) is 2.30. The first kappa shape index (κ1) is 13.4. The van der Waals surface area contributed by atoms with Gasteiger partial charge >= 0.3 is 0 Å². The number of nitrogens with one attached hydrogen (secondary N) is 1. The van der Waals surface area contributed by atoms with Gasteiger partial charge < -0.3 is 16.2 Å². The van der Waals surface area contributed by atoms with Crippen molar-refractivity contribution in [3.8, 4) is 5.75 Å². The number of carbonyl (C=O) groups excluding carboxylic acids is 1. The van der Waals surface area contributed by atoms with Gasteiger partial charge in [0.15, 0.2) is 11.6 Å². The number of hydrogen-bond acceptors (Lipinski definition) is 3. The van der Waals surface area contributed by atoms with Crippen molar-refractivity contribution in [3.05, 3.63) is 24.0 Å². The Labute approximate surface area is 99.6 Å². The largest absolute Gasteiger partial charge is 0.505 e. The van der Waals surface area contributed by atoms with E-state index in [9.17, 15) is 9.18 Å². The predicted octanol–water partition coefficient (Wildman–Crippen LogP) is 1.84. The zero-order chi connectivity index (χ0) is 12.8. The Kier molecular flexibility index (Phi) is 4.90. The van der Waals surface area contributed by atoms with Crippen LogP contribution in [0.4, 0.5) is 10.1 Å². The third kappa shape index (κ3) is 4.03. The molecular weight excluding hydrogens is 223 g/mol. The number of anilines is 1. The summed E-state index contributed by atoms with van der Waals surface area (Å²) in [5, 5.41) is 11.6. The maximum Gasteiger partial charge on any atom is 0.227 e. The number of phenolic OH excluding ortho intramolecular Hbond substituents is 1. The maximum atomic E-state index is 13.0. The van der Waals surface area contributed by atoms with Gasteiger partial charge in [-0.3, -0.25) is 4.79 Å². The predicted molar refractivity (Wildman–Crippen MR) is 64.1 cm³/mol. The molecule has 0 radical (unpaired) electrons. The summed E-state index contributed by atoms with van der Waals surface area (Å²) in [4.78, 5) is 11.7. The number of amides is 1. The molecule has 94 valence electrons. The van der Waals surface area contributed by atoms with E-state index in [2.05, 4.69) is 5.32 Å². The number of aromatic hydroxyl groups is 1. The second-order valence-electron chi connectivity index (χ2n) is 3.99. The molecule has 0 aromatic heterocycles. The molecule has 0 aliphatic heterocycles. The Hall–Kier alpha value is -1.62. The zero-order valence-corrected chi connectivity index (χ0v) is 9.74. The first-order valence-electron chi connectivity index (χ1n) is 5.54. The van der Waals surface area contributed by atoms with Gasteiger partial charge in [0, 0.05) is 17.7 Å². The van der Waals surface area contributed by atoms with E-state index in [4.69, 9.17) is 10.8 Å². The Morgan fingerprint density at radius 3 is 2.88 bits per heavy atom.